The summed E-state index contributed by atoms with van der Waals surface area (Å²) in [4.78, 5) is 11.9. The summed E-state index contributed by atoms with van der Waals surface area (Å²) >= 11 is 6.46. The van der Waals surface area contributed by atoms with E-state index in [1.54, 1.807) is 19.2 Å². The summed E-state index contributed by atoms with van der Waals surface area (Å²) in [5.74, 6) is 0.550. The summed E-state index contributed by atoms with van der Waals surface area (Å²) in [6, 6.07) is 5.45. The maximum Gasteiger partial charge on any atom is 0.413 e. The molecule has 0 fully saturated rings. The first-order valence-electron chi connectivity index (χ1n) is 5.24. The van der Waals surface area contributed by atoms with Crippen LogP contribution >= 0.6 is 24.0 Å². The molecule has 0 radical (unpaired) electrons. The number of carbonyl (C=O) groups is 1. The van der Waals surface area contributed by atoms with E-state index in [9.17, 15) is 4.79 Å². The molecule has 8 heteroatoms. The Morgan fingerprint density at radius 2 is 2.21 bits per heavy atom. The van der Waals surface area contributed by atoms with Crippen LogP contribution in [0.4, 0.5) is 16.2 Å². The van der Waals surface area contributed by atoms with Crippen LogP contribution in [0.15, 0.2) is 23.1 Å². The van der Waals surface area contributed by atoms with Crippen molar-refractivity contribution in [2.45, 2.75) is 4.90 Å². The molecular weight excluding hydrogens is 286 g/mol. The Morgan fingerprint density at radius 3 is 2.79 bits per heavy atom. The lowest BCUT2D eigenvalue weighted by Gasteiger charge is -2.11. The van der Waals surface area contributed by atoms with E-state index in [1.807, 2.05) is 6.07 Å². The molecule has 1 rings (SSSR count). The van der Waals surface area contributed by atoms with Gasteiger partial charge in [-0.2, -0.15) is 0 Å². The van der Waals surface area contributed by atoms with E-state index in [2.05, 4.69) is 15.4 Å². The summed E-state index contributed by atoms with van der Waals surface area (Å²) in [5, 5.41) is 5.27. The van der Waals surface area contributed by atoms with Crippen molar-refractivity contribution in [2.75, 3.05) is 31.2 Å². The van der Waals surface area contributed by atoms with Gasteiger partial charge in [-0.15, -0.1) is 0 Å². The molecule has 1 aromatic carbocycles. The van der Waals surface area contributed by atoms with E-state index in [0.29, 0.717) is 17.3 Å². The Bertz CT molecular complexity index is 468. The van der Waals surface area contributed by atoms with Crippen molar-refractivity contribution in [3.8, 4) is 0 Å². The number of nitrogen functional groups attached to an aromatic ring is 1. The predicted molar refractivity (Wildman–Crippen MR) is 80.3 cm³/mol. The molecule has 0 unspecified atom stereocenters. The largest absolute Gasteiger partial charge is 0.453 e. The van der Waals surface area contributed by atoms with Crippen LogP contribution in [0.2, 0.25) is 0 Å². The number of nitrogens with one attached hydrogen (secondary N) is 2. The van der Waals surface area contributed by atoms with Gasteiger partial charge in [-0.1, -0.05) is 11.8 Å². The molecule has 1 aromatic rings. The van der Waals surface area contributed by atoms with Crippen molar-refractivity contribution in [1.82, 2.24) is 5.32 Å². The maximum absolute atomic E-state index is 11.0. The highest BCUT2D eigenvalue weighted by atomic mass is 32.2. The Balaban J connectivity index is 2.64. The molecule has 6 nitrogen and oxygen atoms in total. The van der Waals surface area contributed by atoms with Crippen LogP contribution in [0.5, 0.6) is 0 Å². The summed E-state index contributed by atoms with van der Waals surface area (Å²) in [6.07, 6.45) is -0.636. The lowest BCUT2D eigenvalue weighted by atomic mass is 10.3. The predicted octanol–water partition coefficient (Wildman–Crippen LogP) is 2.02. The number of methoxy groups -OCH3 is 2. The van der Waals surface area contributed by atoms with Crippen molar-refractivity contribution in [2.24, 2.45) is 0 Å². The van der Waals surface area contributed by atoms with Gasteiger partial charge in [0.05, 0.1) is 24.4 Å². The summed E-state index contributed by atoms with van der Waals surface area (Å²) in [6.45, 7) is 0. The zero-order valence-electron chi connectivity index (χ0n) is 10.6. The highest BCUT2D eigenvalue weighted by Crippen LogP contribution is 2.26. The standard InChI is InChI=1S/C11H15N3O3S2/c1-16-6-19-7-3-4-9(8(12)5-7)13-10(18)14-11(15)17-2/h3-5H,6,12H2,1-2H3,(H2,13,14,15,18). The summed E-state index contributed by atoms with van der Waals surface area (Å²) in [7, 11) is 2.89. The number of ether oxygens (including phenoxy) is 2. The molecule has 4 N–H and O–H groups in total. The highest BCUT2D eigenvalue weighted by Gasteiger charge is 2.06. The number of alkyl carbamates (subject to hydrolysis) is 1. The number of thioether (sulfide) groups is 1. The molecule has 0 saturated carbocycles. The molecule has 0 aliphatic heterocycles. The Labute approximate surface area is 121 Å². The van der Waals surface area contributed by atoms with Gasteiger partial charge < -0.3 is 20.5 Å². The maximum atomic E-state index is 11.0. The number of benzene rings is 1. The van der Waals surface area contributed by atoms with E-state index < -0.39 is 6.09 Å². The van der Waals surface area contributed by atoms with Gasteiger partial charge in [0, 0.05) is 12.0 Å². The molecule has 0 spiro atoms. The van der Waals surface area contributed by atoms with Crippen LogP contribution in [0.25, 0.3) is 0 Å². The summed E-state index contributed by atoms with van der Waals surface area (Å²) in [5.41, 5.74) is 7.02. The average molecular weight is 301 g/mol. The van der Waals surface area contributed by atoms with Gasteiger partial charge in [0.2, 0.25) is 0 Å². The van der Waals surface area contributed by atoms with Crippen LogP contribution in [0.3, 0.4) is 0 Å². The van der Waals surface area contributed by atoms with Gasteiger partial charge in [-0.25, -0.2) is 4.79 Å². The fraction of sp³-hybridized carbons (Fsp3) is 0.273. The molecular formula is C11H15N3O3S2. The van der Waals surface area contributed by atoms with Crippen molar-refractivity contribution in [3.63, 3.8) is 0 Å². The molecule has 0 atom stereocenters. The van der Waals surface area contributed by atoms with Crippen LogP contribution < -0.4 is 16.4 Å². The molecule has 104 valence electrons. The molecule has 19 heavy (non-hydrogen) atoms. The first-order chi connectivity index (χ1) is 9.06. The van der Waals surface area contributed by atoms with Crippen molar-refractivity contribution in [3.05, 3.63) is 18.2 Å². The molecule has 0 saturated heterocycles. The Kier molecular flexibility index (Phi) is 6.40. The van der Waals surface area contributed by atoms with Crippen molar-refractivity contribution in [1.29, 1.82) is 0 Å². The van der Waals surface area contributed by atoms with E-state index in [0.717, 1.165) is 4.90 Å². The number of anilines is 2. The van der Waals surface area contributed by atoms with Gasteiger partial charge in [0.25, 0.3) is 0 Å². The Morgan fingerprint density at radius 1 is 1.47 bits per heavy atom. The smallest absolute Gasteiger partial charge is 0.413 e. The number of hydrogen-bond acceptors (Lipinski definition) is 6. The van der Waals surface area contributed by atoms with Crippen LogP contribution in [0.1, 0.15) is 0 Å². The van der Waals surface area contributed by atoms with Crippen molar-refractivity contribution >= 4 is 46.6 Å². The normalized spacial score (nSPS) is 9.79. The number of hydrogen-bond donors (Lipinski definition) is 3. The molecule has 0 aliphatic carbocycles. The minimum absolute atomic E-state index is 0.121. The first kappa shape index (κ1) is 15.5. The number of nitrogens with two attached hydrogens (primary N) is 1. The van der Waals surface area contributed by atoms with Gasteiger partial charge in [0.1, 0.15) is 0 Å². The van der Waals surface area contributed by atoms with Crippen molar-refractivity contribution < 1.29 is 14.3 Å². The topological polar surface area (TPSA) is 85.6 Å². The SMILES string of the molecule is COCSc1ccc(NC(=S)NC(=O)OC)c(N)c1. The third kappa shape index (κ3) is 5.33. The van der Waals surface area contributed by atoms with E-state index >= 15 is 0 Å². The molecule has 0 aromatic heterocycles. The third-order valence-corrected chi connectivity index (χ3v) is 3.16. The number of thiocarbonyl (C=S) groups is 1. The first-order valence-corrected chi connectivity index (χ1v) is 6.63. The quantitative estimate of drug-likeness (QED) is 0.339. The molecule has 0 heterocycles. The lowest BCUT2D eigenvalue weighted by Crippen LogP contribution is -2.34. The lowest BCUT2D eigenvalue weighted by molar-refractivity contribution is 0.177. The average Bonchev–Trinajstić information content (AvgIpc) is 2.39. The highest BCUT2D eigenvalue weighted by molar-refractivity contribution is 7.99. The second-order valence-corrected chi connectivity index (χ2v) is 4.77. The van der Waals surface area contributed by atoms with Gasteiger partial charge in [-0.05, 0) is 30.4 Å². The zero-order chi connectivity index (χ0) is 14.3. The van der Waals surface area contributed by atoms with Gasteiger partial charge >= 0.3 is 6.09 Å². The molecule has 0 aliphatic rings. The van der Waals surface area contributed by atoms with Crippen LogP contribution in [-0.2, 0) is 9.47 Å². The molecule has 1 amide bonds. The fourth-order valence-electron chi connectivity index (χ4n) is 1.17. The minimum atomic E-state index is -0.636. The monoisotopic (exact) mass is 301 g/mol. The van der Waals surface area contributed by atoms with E-state index in [4.69, 9.17) is 22.7 Å². The van der Waals surface area contributed by atoms with E-state index in [1.165, 1.54) is 18.9 Å². The summed E-state index contributed by atoms with van der Waals surface area (Å²) < 4.78 is 9.39. The second kappa shape index (κ2) is 7.82. The van der Waals surface area contributed by atoms with Gasteiger partial charge in [-0.3, -0.25) is 5.32 Å². The van der Waals surface area contributed by atoms with Crippen LogP contribution in [-0.4, -0.2) is 31.4 Å². The van der Waals surface area contributed by atoms with Crippen LogP contribution in [0, 0.1) is 0 Å². The third-order valence-electron chi connectivity index (χ3n) is 2.02. The zero-order valence-corrected chi connectivity index (χ0v) is 12.2. The number of carbonyl (C=O) groups excluding carboxylic acids is 1. The second-order valence-electron chi connectivity index (χ2n) is 3.37. The Hall–Kier alpha value is -1.51. The minimum Gasteiger partial charge on any atom is -0.453 e. The molecule has 0 bridgehead atoms. The number of rotatable bonds is 4. The van der Waals surface area contributed by atoms with E-state index in [-0.39, 0.29) is 5.11 Å². The number of amides is 1. The fourth-order valence-corrected chi connectivity index (χ4v) is 1.99. The van der Waals surface area contributed by atoms with Gasteiger partial charge in [0.15, 0.2) is 5.11 Å².